The van der Waals surface area contributed by atoms with Crippen LogP contribution in [0, 0.1) is 12.8 Å². The van der Waals surface area contributed by atoms with Crippen LogP contribution in [0.2, 0.25) is 0 Å². The van der Waals surface area contributed by atoms with Crippen molar-refractivity contribution < 1.29 is 0 Å². The van der Waals surface area contributed by atoms with Gasteiger partial charge in [-0.25, -0.2) is 15.8 Å². The number of rotatable bonds is 4. The third-order valence-corrected chi connectivity index (χ3v) is 3.32. The summed E-state index contributed by atoms with van der Waals surface area (Å²) < 4.78 is 0. The Labute approximate surface area is 116 Å². The van der Waals surface area contributed by atoms with Gasteiger partial charge in [-0.05, 0) is 19.8 Å². The zero-order chi connectivity index (χ0) is 14.8. The molecule has 0 aliphatic rings. The third-order valence-electron chi connectivity index (χ3n) is 3.32. The average molecular weight is 265 g/mol. The Hall–Kier alpha value is -1.36. The van der Waals surface area contributed by atoms with Crippen molar-refractivity contribution in [2.45, 2.75) is 59.9 Å². The van der Waals surface area contributed by atoms with Crippen LogP contribution in [0.1, 0.15) is 52.9 Å². The summed E-state index contributed by atoms with van der Waals surface area (Å²) >= 11 is 0. The lowest BCUT2D eigenvalue weighted by Gasteiger charge is -2.24. The van der Waals surface area contributed by atoms with Gasteiger partial charge in [-0.3, -0.25) is 0 Å². The van der Waals surface area contributed by atoms with E-state index in [0.29, 0.717) is 17.8 Å². The molecule has 1 aromatic heterocycles. The minimum absolute atomic E-state index is 0.114. The molecule has 0 saturated carbocycles. The number of nitrogens with one attached hydrogen (secondary N) is 2. The van der Waals surface area contributed by atoms with Gasteiger partial charge in [0.25, 0.3) is 0 Å². The first-order valence-corrected chi connectivity index (χ1v) is 6.79. The van der Waals surface area contributed by atoms with E-state index in [-0.39, 0.29) is 5.41 Å². The highest BCUT2D eigenvalue weighted by Gasteiger charge is 2.21. The van der Waals surface area contributed by atoms with Gasteiger partial charge in [-0.15, -0.1) is 0 Å². The van der Waals surface area contributed by atoms with E-state index in [4.69, 9.17) is 5.84 Å². The van der Waals surface area contributed by atoms with Crippen LogP contribution in [-0.2, 0) is 5.41 Å². The lowest BCUT2D eigenvalue weighted by atomic mass is 9.95. The Balaban J connectivity index is 3.22. The maximum absolute atomic E-state index is 5.55. The van der Waals surface area contributed by atoms with Crippen LogP contribution in [0.4, 0.5) is 11.6 Å². The fourth-order valence-corrected chi connectivity index (χ4v) is 1.52. The Kier molecular flexibility index (Phi) is 4.74. The van der Waals surface area contributed by atoms with Crippen LogP contribution in [0.5, 0.6) is 0 Å². The monoisotopic (exact) mass is 265 g/mol. The summed E-state index contributed by atoms with van der Waals surface area (Å²) in [7, 11) is 0. The van der Waals surface area contributed by atoms with Gasteiger partial charge >= 0.3 is 0 Å². The molecule has 0 aliphatic heterocycles. The van der Waals surface area contributed by atoms with E-state index in [1.807, 2.05) is 6.92 Å². The standard InChI is InChI=1S/C14H27N5/c1-8(2)10(4)16-11-9(3)12(19-15)18-13(17-11)14(5,6)7/h8,10H,15H2,1-7H3,(H2,16,17,18,19). The zero-order valence-corrected chi connectivity index (χ0v) is 13.1. The predicted octanol–water partition coefficient (Wildman–Crippen LogP) is 2.82. The molecule has 0 aromatic carbocycles. The summed E-state index contributed by atoms with van der Waals surface area (Å²) in [6.07, 6.45) is 0. The molecule has 1 aromatic rings. The van der Waals surface area contributed by atoms with E-state index in [0.717, 1.165) is 17.2 Å². The van der Waals surface area contributed by atoms with Gasteiger partial charge in [-0.2, -0.15) is 0 Å². The number of hydrazine groups is 1. The van der Waals surface area contributed by atoms with Crippen LogP contribution >= 0.6 is 0 Å². The Morgan fingerprint density at radius 2 is 1.58 bits per heavy atom. The van der Waals surface area contributed by atoms with E-state index in [1.165, 1.54) is 0 Å². The average Bonchev–Trinajstić information content (AvgIpc) is 2.29. The van der Waals surface area contributed by atoms with Gasteiger partial charge in [-0.1, -0.05) is 34.6 Å². The van der Waals surface area contributed by atoms with Gasteiger partial charge in [0.1, 0.15) is 17.5 Å². The number of nitrogens with zero attached hydrogens (tertiary/aromatic N) is 2. The Morgan fingerprint density at radius 1 is 1.05 bits per heavy atom. The number of anilines is 2. The Bertz CT molecular complexity index is 434. The summed E-state index contributed by atoms with van der Waals surface area (Å²) in [6.45, 7) is 14.8. The van der Waals surface area contributed by atoms with E-state index in [9.17, 15) is 0 Å². The molecule has 0 aliphatic carbocycles. The molecule has 0 saturated heterocycles. The molecule has 0 amide bonds. The van der Waals surface area contributed by atoms with Crippen LogP contribution in [0.15, 0.2) is 0 Å². The van der Waals surface area contributed by atoms with Crippen LogP contribution in [0.25, 0.3) is 0 Å². The maximum atomic E-state index is 5.55. The van der Waals surface area contributed by atoms with Gasteiger partial charge < -0.3 is 10.7 Å². The van der Waals surface area contributed by atoms with Gasteiger partial charge in [0, 0.05) is 17.0 Å². The van der Waals surface area contributed by atoms with E-state index in [2.05, 4.69) is 62.3 Å². The summed E-state index contributed by atoms with van der Waals surface area (Å²) in [5, 5.41) is 3.45. The molecule has 1 unspecified atom stereocenters. The second-order valence-electron chi connectivity index (χ2n) is 6.44. The fourth-order valence-electron chi connectivity index (χ4n) is 1.52. The first-order valence-electron chi connectivity index (χ1n) is 6.79. The predicted molar refractivity (Wildman–Crippen MR) is 81.2 cm³/mol. The van der Waals surface area contributed by atoms with Gasteiger partial charge in [0.2, 0.25) is 0 Å². The summed E-state index contributed by atoms with van der Waals surface area (Å²) in [5.41, 5.74) is 3.49. The van der Waals surface area contributed by atoms with E-state index >= 15 is 0 Å². The highest BCUT2D eigenvalue weighted by molar-refractivity contribution is 5.57. The van der Waals surface area contributed by atoms with Crippen LogP contribution in [-0.4, -0.2) is 16.0 Å². The normalized spacial score (nSPS) is 13.5. The summed E-state index contributed by atoms with van der Waals surface area (Å²) in [5.74, 6) is 8.40. The van der Waals surface area contributed by atoms with Crippen molar-refractivity contribution in [3.05, 3.63) is 11.4 Å². The number of nitrogens with two attached hydrogens (primary N) is 1. The molecule has 1 rings (SSSR count). The first-order chi connectivity index (χ1) is 8.66. The molecular weight excluding hydrogens is 238 g/mol. The molecule has 108 valence electrons. The van der Waals surface area contributed by atoms with Gasteiger partial charge in [0.05, 0.1) is 0 Å². The lowest BCUT2D eigenvalue weighted by Crippen LogP contribution is -2.26. The molecule has 0 fully saturated rings. The number of hydrogen-bond donors (Lipinski definition) is 3. The molecule has 5 nitrogen and oxygen atoms in total. The molecule has 0 spiro atoms. The minimum Gasteiger partial charge on any atom is -0.367 e. The van der Waals surface area contributed by atoms with Crippen molar-refractivity contribution in [1.29, 1.82) is 0 Å². The molecular formula is C14H27N5. The second kappa shape index (κ2) is 5.74. The Morgan fingerprint density at radius 3 is 2.00 bits per heavy atom. The van der Waals surface area contributed by atoms with Crippen molar-refractivity contribution >= 4 is 11.6 Å². The minimum atomic E-state index is -0.114. The van der Waals surface area contributed by atoms with Gasteiger partial charge in [0.15, 0.2) is 0 Å². The molecule has 0 radical (unpaired) electrons. The third kappa shape index (κ3) is 3.80. The number of aromatic nitrogens is 2. The van der Waals surface area contributed by atoms with Crippen molar-refractivity contribution in [2.24, 2.45) is 11.8 Å². The SMILES string of the molecule is Cc1c(NN)nc(C(C)(C)C)nc1NC(C)C(C)C. The molecule has 5 heteroatoms. The van der Waals surface area contributed by atoms with Crippen LogP contribution < -0.4 is 16.6 Å². The van der Waals surface area contributed by atoms with Crippen molar-refractivity contribution in [3.63, 3.8) is 0 Å². The molecule has 4 N–H and O–H groups in total. The smallest absolute Gasteiger partial charge is 0.148 e. The molecule has 0 bridgehead atoms. The fraction of sp³-hybridized carbons (Fsp3) is 0.714. The van der Waals surface area contributed by atoms with Crippen molar-refractivity contribution in [3.8, 4) is 0 Å². The quantitative estimate of drug-likeness (QED) is 0.576. The van der Waals surface area contributed by atoms with Crippen molar-refractivity contribution in [1.82, 2.24) is 9.97 Å². The van der Waals surface area contributed by atoms with E-state index < -0.39 is 0 Å². The van der Waals surface area contributed by atoms with Crippen molar-refractivity contribution in [2.75, 3.05) is 10.7 Å². The second-order valence-corrected chi connectivity index (χ2v) is 6.44. The lowest BCUT2D eigenvalue weighted by molar-refractivity contribution is 0.538. The van der Waals surface area contributed by atoms with E-state index in [1.54, 1.807) is 0 Å². The van der Waals surface area contributed by atoms with Crippen LogP contribution in [0.3, 0.4) is 0 Å². The maximum Gasteiger partial charge on any atom is 0.148 e. The molecule has 1 atom stereocenters. The topological polar surface area (TPSA) is 75.9 Å². The first kappa shape index (κ1) is 15.7. The zero-order valence-electron chi connectivity index (χ0n) is 13.1. The number of nitrogen functional groups attached to an aromatic ring is 1. The summed E-state index contributed by atoms with van der Waals surface area (Å²) in [6, 6.07) is 0.340. The molecule has 19 heavy (non-hydrogen) atoms. The number of hydrogen-bond acceptors (Lipinski definition) is 5. The molecule has 1 heterocycles. The largest absolute Gasteiger partial charge is 0.367 e. The summed E-state index contributed by atoms with van der Waals surface area (Å²) in [4.78, 5) is 9.14. The highest BCUT2D eigenvalue weighted by Crippen LogP contribution is 2.26. The highest BCUT2D eigenvalue weighted by atomic mass is 15.3.